The highest BCUT2D eigenvalue weighted by Crippen LogP contribution is 2.41. The molecule has 92 valence electrons. The van der Waals surface area contributed by atoms with Gasteiger partial charge in [0.15, 0.2) is 5.43 Å². The van der Waals surface area contributed by atoms with Crippen LogP contribution < -0.4 is 5.43 Å². The molecule has 0 radical (unpaired) electrons. The molecule has 0 spiro atoms. The molecule has 0 aliphatic heterocycles. The van der Waals surface area contributed by atoms with Crippen LogP contribution in [0.1, 0.15) is 67.4 Å². The van der Waals surface area contributed by atoms with Gasteiger partial charge in [0, 0.05) is 5.56 Å². The van der Waals surface area contributed by atoms with Crippen molar-refractivity contribution in [2.45, 2.75) is 52.1 Å². The van der Waals surface area contributed by atoms with Gasteiger partial charge in [-0.15, -0.1) is 0 Å². The lowest BCUT2D eigenvalue weighted by molar-refractivity contribution is 0.174. The predicted molar refractivity (Wildman–Crippen MR) is 69.5 cm³/mol. The van der Waals surface area contributed by atoms with Crippen LogP contribution in [-0.4, -0.2) is 5.11 Å². The molecule has 1 aliphatic carbocycles. The van der Waals surface area contributed by atoms with Gasteiger partial charge >= 0.3 is 0 Å². The highest BCUT2D eigenvalue weighted by atomic mass is 16.3. The van der Waals surface area contributed by atoms with Gasteiger partial charge in [-0.3, -0.25) is 4.79 Å². The molecule has 2 atom stereocenters. The van der Waals surface area contributed by atoms with Crippen molar-refractivity contribution in [3.8, 4) is 0 Å². The summed E-state index contributed by atoms with van der Waals surface area (Å²) in [6.45, 7) is 8.12. The van der Waals surface area contributed by atoms with E-state index in [1.165, 1.54) is 0 Å². The summed E-state index contributed by atoms with van der Waals surface area (Å²) in [6.07, 6.45) is 0.261. The van der Waals surface area contributed by atoms with Gasteiger partial charge in [-0.05, 0) is 47.9 Å². The molecule has 0 heterocycles. The van der Waals surface area contributed by atoms with E-state index in [2.05, 4.69) is 26.8 Å². The van der Waals surface area contributed by atoms with Crippen LogP contribution in [-0.2, 0) is 0 Å². The van der Waals surface area contributed by atoms with Crippen molar-refractivity contribution in [1.82, 2.24) is 0 Å². The van der Waals surface area contributed by atoms with E-state index >= 15 is 0 Å². The second kappa shape index (κ2) is 4.26. The highest BCUT2D eigenvalue weighted by molar-refractivity contribution is 5.43. The van der Waals surface area contributed by atoms with E-state index in [1.807, 2.05) is 6.92 Å². The molecular formula is C15H20O2. The summed E-state index contributed by atoms with van der Waals surface area (Å²) in [5.74, 6) is 0.673. The van der Waals surface area contributed by atoms with E-state index in [9.17, 15) is 9.90 Å². The Bertz CT molecular complexity index is 503. The molecule has 2 rings (SSSR count). The molecule has 1 aromatic rings. The van der Waals surface area contributed by atoms with Crippen molar-refractivity contribution in [2.24, 2.45) is 0 Å². The minimum atomic E-state index is -0.472. The molecule has 0 saturated carbocycles. The summed E-state index contributed by atoms with van der Waals surface area (Å²) < 4.78 is 0. The van der Waals surface area contributed by atoms with Crippen molar-refractivity contribution in [2.75, 3.05) is 0 Å². The van der Waals surface area contributed by atoms with Crippen LogP contribution in [0, 0.1) is 6.92 Å². The van der Waals surface area contributed by atoms with Crippen LogP contribution in [0.5, 0.6) is 0 Å². The van der Waals surface area contributed by atoms with Crippen molar-refractivity contribution in [3.05, 3.63) is 44.6 Å². The fourth-order valence-electron chi connectivity index (χ4n) is 2.67. The van der Waals surface area contributed by atoms with E-state index < -0.39 is 6.10 Å². The zero-order chi connectivity index (χ0) is 12.7. The molecule has 0 saturated heterocycles. The van der Waals surface area contributed by atoms with Crippen LogP contribution in [0.25, 0.3) is 0 Å². The first-order valence-electron chi connectivity index (χ1n) is 6.28. The largest absolute Gasteiger partial charge is 0.388 e. The third-order valence-electron chi connectivity index (χ3n) is 3.81. The molecule has 1 N–H and O–H groups in total. The van der Waals surface area contributed by atoms with Crippen molar-refractivity contribution in [3.63, 3.8) is 0 Å². The second-order valence-corrected chi connectivity index (χ2v) is 5.45. The Morgan fingerprint density at radius 3 is 2.59 bits per heavy atom. The molecule has 0 fully saturated rings. The van der Waals surface area contributed by atoms with Crippen LogP contribution in [0.4, 0.5) is 0 Å². The minimum absolute atomic E-state index is 0.0445. The summed E-state index contributed by atoms with van der Waals surface area (Å²) in [5, 5.41) is 10.1. The Hall–Kier alpha value is -1.15. The van der Waals surface area contributed by atoms with Crippen molar-refractivity contribution in [1.29, 1.82) is 0 Å². The summed E-state index contributed by atoms with van der Waals surface area (Å²) in [6, 6.07) is 3.83. The molecule has 1 aliphatic rings. The van der Waals surface area contributed by atoms with E-state index in [4.69, 9.17) is 0 Å². The molecule has 0 aromatic heterocycles. The standard InChI is InChI=1S/C15H20O2/c1-8(2)11-6-12-9(3)5-14(17)15(12)10(4)13(16)7-11/h6-9,14,17H,5H2,1-4H3/t9-,14-/m0/s1. The van der Waals surface area contributed by atoms with Crippen LogP contribution >= 0.6 is 0 Å². The zero-order valence-corrected chi connectivity index (χ0v) is 10.9. The van der Waals surface area contributed by atoms with Gasteiger partial charge in [0.1, 0.15) is 0 Å². The Balaban J connectivity index is 2.79. The zero-order valence-electron chi connectivity index (χ0n) is 10.9. The van der Waals surface area contributed by atoms with Crippen molar-refractivity contribution >= 4 is 0 Å². The lowest BCUT2D eigenvalue weighted by atomic mass is 9.99. The lowest BCUT2D eigenvalue weighted by Crippen LogP contribution is -2.05. The maximum Gasteiger partial charge on any atom is 0.182 e. The molecule has 1 aromatic carbocycles. The van der Waals surface area contributed by atoms with Crippen LogP contribution in [0.15, 0.2) is 16.9 Å². The maximum absolute atomic E-state index is 12.0. The predicted octanol–water partition coefficient (Wildman–Crippen LogP) is 3.02. The molecular weight excluding hydrogens is 212 g/mol. The number of aliphatic hydroxyl groups is 1. The van der Waals surface area contributed by atoms with E-state index in [-0.39, 0.29) is 5.43 Å². The van der Waals surface area contributed by atoms with E-state index in [0.29, 0.717) is 17.4 Å². The van der Waals surface area contributed by atoms with Gasteiger partial charge in [-0.25, -0.2) is 0 Å². The Morgan fingerprint density at radius 2 is 2.00 bits per heavy atom. The number of fused-ring (bicyclic) bond motifs is 1. The Kier molecular flexibility index (Phi) is 3.09. The second-order valence-electron chi connectivity index (χ2n) is 5.45. The maximum atomic E-state index is 12.0. The summed E-state index contributed by atoms with van der Waals surface area (Å²) in [7, 11) is 0. The van der Waals surface area contributed by atoms with Gasteiger partial charge in [0.05, 0.1) is 6.10 Å². The first kappa shape index (κ1) is 12.3. The van der Waals surface area contributed by atoms with E-state index in [0.717, 1.165) is 23.1 Å². The van der Waals surface area contributed by atoms with E-state index in [1.54, 1.807) is 6.07 Å². The van der Waals surface area contributed by atoms with Gasteiger partial charge in [0.2, 0.25) is 0 Å². The third-order valence-corrected chi connectivity index (χ3v) is 3.81. The molecule has 0 unspecified atom stereocenters. The van der Waals surface area contributed by atoms with Crippen LogP contribution in [0.2, 0.25) is 0 Å². The van der Waals surface area contributed by atoms with Gasteiger partial charge < -0.3 is 5.11 Å². The molecule has 2 nitrogen and oxygen atoms in total. The average Bonchev–Trinajstić information content (AvgIpc) is 2.42. The summed E-state index contributed by atoms with van der Waals surface area (Å²) in [5.41, 5.74) is 3.85. The summed E-state index contributed by atoms with van der Waals surface area (Å²) >= 11 is 0. The van der Waals surface area contributed by atoms with Gasteiger partial charge in [-0.2, -0.15) is 0 Å². The first-order valence-corrected chi connectivity index (χ1v) is 6.28. The lowest BCUT2D eigenvalue weighted by Gasteiger charge is -2.05. The van der Waals surface area contributed by atoms with Crippen LogP contribution in [0.3, 0.4) is 0 Å². The Morgan fingerprint density at radius 1 is 1.35 bits per heavy atom. The Labute approximate surface area is 102 Å². The number of aliphatic hydroxyl groups excluding tert-OH is 1. The fraction of sp³-hybridized carbons (Fsp3) is 0.533. The van der Waals surface area contributed by atoms with Gasteiger partial charge in [-0.1, -0.05) is 26.8 Å². The SMILES string of the molecule is Cc1c2c(cc(C(C)C)cc1=O)[C@@H](C)C[C@@H]2O. The normalized spacial score (nSPS) is 22.9. The fourth-order valence-corrected chi connectivity index (χ4v) is 2.67. The topological polar surface area (TPSA) is 37.3 Å². The number of hydrogen-bond acceptors (Lipinski definition) is 2. The number of hydrogen-bond donors (Lipinski definition) is 1. The third kappa shape index (κ3) is 2.02. The molecule has 0 bridgehead atoms. The van der Waals surface area contributed by atoms with Crippen molar-refractivity contribution < 1.29 is 5.11 Å². The monoisotopic (exact) mass is 232 g/mol. The number of rotatable bonds is 1. The minimum Gasteiger partial charge on any atom is -0.388 e. The smallest absolute Gasteiger partial charge is 0.182 e. The quantitative estimate of drug-likeness (QED) is 0.808. The molecule has 0 amide bonds. The van der Waals surface area contributed by atoms with Gasteiger partial charge in [0.25, 0.3) is 0 Å². The molecule has 17 heavy (non-hydrogen) atoms. The summed E-state index contributed by atoms with van der Waals surface area (Å²) in [4.78, 5) is 12.0. The average molecular weight is 232 g/mol. The molecule has 2 heteroatoms. The highest BCUT2D eigenvalue weighted by Gasteiger charge is 2.28. The first-order chi connectivity index (χ1) is 7.91.